The highest BCUT2D eigenvalue weighted by Gasteiger charge is 2.25. The van der Waals surface area contributed by atoms with Crippen LogP contribution in [0.2, 0.25) is 0 Å². The second-order valence-electron chi connectivity index (χ2n) is 5.30. The van der Waals surface area contributed by atoms with E-state index >= 15 is 0 Å². The first-order valence-corrected chi connectivity index (χ1v) is 6.21. The summed E-state index contributed by atoms with van der Waals surface area (Å²) in [4.78, 5) is 2.66. The molecule has 0 saturated carbocycles. The fraction of sp³-hybridized carbons (Fsp3) is 1.00. The lowest BCUT2D eigenvalue weighted by Crippen LogP contribution is -2.44. The summed E-state index contributed by atoms with van der Waals surface area (Å²) in [6, 6.07) is 0.788. The smallest absolute Gasteiger partial charge is 0.0195 e. The Morgan fingerprint density at radius 1 is 1.21 bits per heavy atom. The predicted octanol–water partition coefficient (Wildman–Crippen LogP) is 1.72. The maximum atomic E-state index is 3.59. The van der Waals surface area contributed by atoms with Gasteiger partial charge in [-0.25, -0.2) is 0 Å². The molecule has 0 bridgehead atoms. The van der Waals surface area contributed by atoms with Gasteiger partial charge in [-0.2, -0.15) is 0 Å². The topological polar surface area (TPSA) is 15.3 Å². The molecule has 14 heavy (non-hydrogen) atoms. The van der Waals surface area contributed by atoms with Gasteiger partial charge in [0.05, 0.1) is 0 Å². The molecule has 82 valence electrons. The highest BCUT2D eigenvalue weighted by molar-refractivity contribution is 4.82. The Hall–Kier alpha value is -0.0800. The van der Waals surface area contributed by atoms with Crippen LogP contribution in [0.4, 0.5) is 0 Å². The zero-order valence-electron chi connectivity index (χ0n) is 9.63. The normalized spacial score (nSPS) is 40.3. The average Bonchev–Trinajstić information content (AvgIpc) is 2.64. The second kappa shape index (κ2) is 4.63. The predicted molar refractivity (Wildman–Crippen MR) is 60.4 cm³/mol. The van der Waals surface area contributed by atoms with Crippen LogP contribution in [0.5, 0.6) is 0 Å². The number of nitrogens with zero attached hydrogens (tertiary/aromatic N) is 1. The largest absolute Gasteiger partial charge is 0.313 e. The fourth-order valence-electron chi connectivity index (χ4n) is 2.74. The first kappa shape index (κ1) is 10.4. The van der Waals surface area contributed by atoms with E-state index in [0.29, 0.717) is 0 Å². The van der Waals surface area contributed by atoms with Crippen LogP contribution in [0.1, 0.15) is 33.1 Å². The molecule has 0 aliphatic carbocycles. The van der Waals surface area contributed by atoms with Crippen LogP contribution in [0, 0.1) is 11.8 Å². The van der Waals surface area contributed by atoms with E-state index in [2.05, 4.69) is 24.1 Å². The van der Waals surface area contributed by atoms with Crippen molar-refractivity contribution in [2.45, 2.75) is 39.2 Å². The first-order chi connectivity index (χ1) is 6.75. The van der Waals surface area contributed by atoms with E-state index in [-0.39, 0.29) is 0 Å². The molecule has 1 N–H and O–H groups in total. The number of rotatable bonds is 2. The van der Waals surface area contributed by atoms with Gasteiger partial charge >= 0.3 is 0 Å². The van der Waals surface area contributed by atoms with Crippen molar-refractivity contribution in [2.24, 2.45) is 11.8 Å². The van der Waals surface area contributed by atoms with Gasteiger partial charge in [0, 0.05) is 19.1 Å². The molecule has 2 nitrogen and oxygen atoms in total. The third-order valence-electron chi connectivity index (χ3n) is 4.06. The maximum absolute atomic E-state index is 3.59. The molecule has 0 aromatic carbocycles. The molecule has 0 aromatic rings. The number of nitrogens with one attached hydrogen (secondary N) is 1. The van der Waals surface area contributed by atoms with Gasteiger partial charge in [-0.1, -0.05) is 13.8 Å². The SMILES string of the molecule is CC1CCN(CC2CCCN2)CC1C. The Morgan fingerprint density at radius 3 is 2.71 bits per heavy atom. The van der Waals surface area contributed by atoms with Crippen LogP contribution in [0.25, 0.3) is 0 Å². The summed E-state index contributed by atoms with van der Waals surface area (Å²) in [5.74, 6) is 1.83. The Balaban J connectivity index is 1.75. The quantitative estimate of drug-likeness (QED) is 0.723. The van der Waals surface area contributed by atoms with Gasteiger partial charge in [0.1, 0.15) is 0 Å². The lowest BCUT2D eigenvalue weighted by atomic mass is 9.88. The molecule has 3 atom stereocenters. The third-order valence-corrected chi connectivity index (χ3v) is 4.06. The van der Waals surface area contributed by atoms with Crippen molar-refractivity contribution in [1.82, 2.24) is 10.2 Å². The van der Waals surface area contributed by atoms with Crippen molar-refractivity contribution in [3.05, 3.63) is 0 Å². The van der Waals surface area contributed by atoms with Crippen LogP contribution in [-0.4, -0.2) is 37.1 Å². The highest BCUT2D eigenvalue weighted by atomic mass is 15.2. The molecule has 0 spiro atoms. The van der Waals surface area contributed by atoms with Crippen molar-refractivity contribution < 1.29 is 0 Å². The van der Waals surface area contributed by atoms with Gasteiger partial charge in [-0.3, -0.25) is 0 Å². The van der Waals surface area contributed by atoms with Crippen molar-refractivity contribution in [1.29, 1.82) is 0 Å². The van der Waals surface area contributed by atoms with E-state index < -0.39 is 0 Å². The van der Waals surface area contributed by atoms with E-state index in [1.807, 2.05) is 0 Å². The molecule has 3 unspecified atom stereocenters. The fourth-order valence-corrected chi connectivity index (χ4v) is 2.74. The summed E-state index contributed by atoms with van der Waals surface area (Å²) in [6.45, 7) is 9.97. The van der Waals surface area contributed by atoms with Gasteiger partial charge in [0.2, 0.25) is 0 Å². The van der Waals surface area contributed by atoms with Gasteiger partial charge in [0.15, 0.2) is 0 Å². The highest BCUT2D eigenvalue weighted by Crippen LogP contribution is 2.23. The van der Waals surface area contributed by atoms with Crippen molar-refractivity contribution >= 4 is 0 Å². The third kappa shape index (κ3) is 2.48. The molecule has 2 aliphatic rings. The van der Waals surface area contributed by atoms with E-state index in [1.54, 1.807) is 0 Å². The Morgan fingerprint density at radius 2 is 2.07 bits per heavy atom. The molecule has 0 radical (unpaired) electrons. The molecule has 2 aliphatic heterocycles. The van der Waals surface area contributed by atoms with Crippen LogP contribution >= 0.6 is 0 Å². The van der Waals surface area contributed by atoms with E-state index in [9.17, 15) is 0 Å². The molecule has 0 amide bonds. The van der Waals surface area contributed by atoms with Crippen LogP contribution in [-0.2, 0) is 0 Å². The van der Waals surface area contributed by atoms with Crippen LogP contribution in [0.15, 0.2) is 0 Å². The summed E-state index contributed by atoms with van der Waals surface area (Å²) in [7, 11) is 0. The van der Waals surface area contributed by atoms with Crippen molar-refractivity contribution in [3.63, 3.8) is 0 Å². The van der Waals surface area contributed by atoms with Gasteiger partial charge in [-0.05, 0) is 44.2 Å². The number of likely N-dealkylation sites (tertiary alicyclic amines) is 1. The molecular weight excluding hydrogens is 172 g/mol. The zero-order valence-corrected chi connectivity index (χ0v) is 9.63. The Labute approximate surface area is 88.1 Å². The second-order valence-corrected chi connectivity index (χ2v) is 5.30. The summed E-state index contributed by atoms with van der Waals surface area (Å²) in [5, 5.41) is 3.59. The number of hydrogen-bond acceptors (Lipinski definition) is 2. The summed E-state index contributed by atoms with van der Waals surface area (Å²) in [6.07, 6.45) is 4.17. The van der Waals surface area contributed by atoms with Crippen LogP contribution in [0.3, 0.4) is 0 Å². The molecule has 2 fully saturated rings. The van der Waals surface area contributed by atoms with Crippen molar-refractivity contribution in [3.8, 4) is 0 Å². The molecule has 2 heteroatoms. The van der Waals surface area contributed by atoms with Gasteiger partial charge in [-0.15, -0.1) is 0 Å². The van der Waals surface area contributed by atoms with E-state index in [0.717, 1.165) is 17.9 Å². The minimum Gasteiger partial charge on any atom is -0.313 e. The zero-order chi connectivity index (χ0) is 9.97. The lowest BCUT2D eigenvalue weighted by molar-refractivity contribution is 0.129. The standard InChI is InChI=1S/C12H24N2/c1-10-5-7-14(8-11(10)2)9-12-4-3-6-13-12/h10-13H,3-9H2,1-2H3. The molecule has 2 heterocycles. The molecule has 2 rings (SSSR count). The Bertz CT molecular complexity index is 175. The Kier molecular flexibility index (Phi) is 3.45. The van der Waals surface area contributed by atoms with Gasteiger partial charge < -0.3 is 10.2 Å². The summed E-state index contributed by atoms with van der Waals surface area (Å²) in [5.41, 5.74) is 0. The summed E-state index contributed by atoms with van der Waals surface area (Å²) >= 11 is 0. The van der Waals surface area contributed by atoms with E-state index in [1.165, 1.54) is 45.4 Å². The molecule has 0 aromatic heterocycles. The lowest BCUT2D eigenvalue weighted by Gasteiger charge is -2.36. The summed E-state index contributed by atoms with van der Waals surface area (Å²) < 4.78 is 0. The monoisotopic (exact) mass is 196 g/mol. The van der Waals surface area contributed by atoms with Crippen molar-refractivity contribution in [2.75, 3.05) is 26.2 Å². The average molecular weight is 196 g/mol. The minimum atomic E-state index is 0.788. The first-order valence-electron chi connectivity index (χ1n) is 6.21. The van der Waals surface area contributed by atoms with Crippen LogP contribution < -0.4 is 5.32 Å². The van der Waals surface area contributed by atoms with E-state index in [4.69, 9.17) is 0 Å². The molecular formula is C12H24N2. The minimum absolute atomic E-state index is 0.788. The maximum Gasteiger partial charge on any atom is 0.0195 e. The van der Waals surface area contributed by atoms with Gasteiger partial charge in [0.25, 0.3) is 0 Å². The number of hydrogen-bond donors (Lipinski definition) is 1. The number of piperidine rings is 1. The molecule has 2 saturated heterocycles.